The van der Waals surface area contributed by atoms with Gasteiger partial charge in [0, 0.05) is 13.5 Å². The van der Waals surface area contributed by atoms with Gasteiger partial charge in [-0.2, -0.15) is 0 Å². The predicted octanol–water partition coefficient (Wildman–Crippen LogP) is 5.60. The van der Waals surface area contributed by atoms with E-state index in [-0.39, 0.29) is 12.1 Å². The molecule has 0 aromatic rings. The maximum absolute atomic E-state index is 10.9. The molecule has 0 saturated carbocycles. The van der Waals surface area contributed by atoms with Crippen LogP contribution in [-0.2, 0) is 14.3 Å². The fourth-order valence-corrected chi connectivity index (χ4v) is 2.41. The molecule has 0 spiro atoms. The zero-order valence-corrected chi connectivity index (χ0v) is 15.4. The molecule has 0 aliphatic carbocycles. The van der Waals surface area contributed by atoms with Crippen LogP contribution in [0.3, 0.4) is 0 Å². The summed E-state index contributed by atoms with van der Waals surface area (Å²) in [5, 5.41) is 0. The van der Waals surface area contributed by atoms with E-state index in [1.807, 2.05) is 0 Å². The van der Waals surface area contributed by atoms with Crippen LogP contribution in [0.25, 0.3) is 0 Å². The fourth-order valence-electron chi connectivity index (χ4n) is 2.41. The molecule has 1 atom stereocenters. The number of ether oxygens (including phenoxy) is 2. The van der Waals surface area contributed by atoms with E-state index in [1.54, 1.807) is 7.11 Å². The van der Waals surface area contributed by atoms with E-state index in [4.69, 9.17) is 4.74 Å². The maximum atomic E-state index is 10.9. The van der Waals surface area contributed by atoms with Crippen molar-refractivity contribution in [2.45, 2.75) is 83.7 Å². The van der Waals surface area contributed by atoms with E-state index in [0.717, 1.165) is 25.7 Å². The summed E-state index contributed by atoms with van der Waals surface area (Å²) in [6.45, 7) is 2.22. The molecule has 0 amide bonds. The number of allylic oxidation sites excluding steroid dienone is 3. The molecule has 3 heteroatoms. The highest BCUT2D eigenvalue weighted by molar-refractivity contribution is 5.68. The summed E-state index contributed by atoms with van der Waals surface area (Å²) in [4.78, 5) is 10.9. The zero-order chi connectivity index (χ0) is 17.2. The van der Waals surface area contributed by atoms with E-state index in [1.165, 1.54) is 45.6 Å². The number of carbonyl (C=O) groups is 1. The highest BCUT2D eigenvalue weighted by Crippen LogP contribution is 2.09. The second-order valence-corrected chi connectivity index (χ2v) is 5.97. The molecule has 0 fully saturated rings. The second-order valence-electron chi connectivity index (χ2n) is 5.97. The van der Waals surface area contributed by atoms with Gasteiger partial charge in [0.1, 0.15) is 0 Å². The molecule has 0 heterocycles. The van der Waals surface area contributed by atoms with Crippen LogP contribution < -0.4 is 0 Å². The van der Waals surface area contributed by atoms with Gasteiger partial charge in [-0.25, -0.2) is 0 Å². The average Bonchev–Trinajstić information content (AvgIpc) is 2.57. The van der Waals surface area contributed by atoms with Gasteiger partial charge in [-0.3, -0.25) is 4.79 Å². The molecule has 0 rings (SSSR count). The van der Waals surface area contributed by atoms with Crippen LogP contribution in [0.1, 0.15) is 77.6 Å². The lowest BCUT2D eigenvalue weighted by Crippen LogP contribution is -2.05. The van der Waals surface area contributed by atoms with Gasteiger partial charge < -0.3 is 9.47 Å². The minimum Gasteiger partial charge on any atom is -0.469 e. The quantitative estimate of drug-likeness (QED) is 0.223. The molecule has 0 aliphatic heterocycles. The Balaban J connectivity index is 3.51. The van der Waals surface area contributed by atoms with Crippen LogP contribution in [0.2, 0.25) is 0 Å². The number of rotatable bonds is 15. The van der Waals surface area contributed by atoms with Gasteiger partial charge in [0.2, 0.25) is 0 Å². The smallest absolute Gasteiger partial charge is 0.305 e. The lowest BCUT2D eigenvalue weighted by atomic mass is 10.1. The van der Waals surface area contributed by atoms with Crippen molar-refractivity contribution in [3.05, 3.63) is 24.3 Å². The SMILES string of the molecule is CCCCCC(C=CC=CCCCCCCCC(=O)OC)OC. The fraction of sp³-hybridized carbons (Fsp3) is 0.750. The highest BCUT2D eigenvalue weighted by atomic mass is 16.5. The Labute approximate surface area is 143 Å². The standard InChI is InChI=1S/C20H36O3/c1-4-5-13-16-19(22-2)17-14-11-9-7-6-8-10-12-15-18-20(21)23-3/h9,11,14,17,19H,4-8,10,12-13,15-16,18H2,1-3H3. The number of unbranched alkanes of at least 4 members (excludes halogenated alkanes) is 7. The second kappa shape index (κ2) is 17.3. The van der Waals surface area contributed by atoms with Gasteiger partial charge in [-0.15, -0.1) is 0 Å². The predicted molar refractivity (Wildman–Crippen MR) is 97.6 cm³/mol. The maximum Gasteiger partial charge on any atom is 0.305 e. The molecule has 3 nitrogen and oxygen atoms in total. The van der Waals surface area contributed by atoms with Gasteiger partial charge >= 0.3 is 5.97 Å². The molecule has 134 valence electrons. The third-order valence-electron chi connectivity index (χ3n) is 3.95. The Morgan fingerprint density at radius 1 is 0.957 bits per heavy atom. The first-order valence-corrected chi connectivity index (χ1v) is 9.17. The third-order valence-corrected chi connectivity index (χ3v) is 3.95. The summed E-state index contributed by atoms with van der Waals surface area (Å²) in [5.74, 6) is -0.0937. The van der Waals surface area contributed by atoms with Gasteiger partial charge in [0.15, 0.2) is 0 Å². The Morgan fingerprint density at radius 3 is 2.39 bits per heavy atom. The van der Waals surface area contributed by atoms with Gasteiger partial charge in [-0.05, 0) is 25.7 Å². The van der Waals surface area contributed by atoms with Crippen LogP contribution in [0.5, 0.6) is 0 Å². The van der Waals surface area contributed by atoms with Crippen molar-refractivity contribution in [1.29, 1.82) is 0 Å². The minimum atomic E-state index is -0.0937. The largest absolute Gasteiger partial charge is 0.469 e. The summed E-state index contributed by atoms with van der Waals surface area (Å²) in [7, 11) is 3.23. The van der Waals surface area contributed by atoms with E-state index in [9.17, 15) is 4.79 Å². The van der Waals surface area contributed by atoms with Crippen LogP contribution in [0.4, 0.5) is 0 Å². The van der Waals surface area contributed by atoms with Crippen LogP contribution in [-0.4, -0.2) is 26.3 Å². The van der Waals surface area contributed by atoms with Crippen molar-refractivity contribution < 1.29 is 14.3 Å². The average molecular weight is 325 g/mol. The molecular formula is C20H36O3. The molecule has 0 aromatic heterocycles. The molecule has 0 aliphatic rings. The summed E-state index contributed by atoms with van der Waals surface area (Å²) >= 11 is 0. The first-order valence-electron chi connectivity index (χ1n) is 9.17. The van der Waals surface area contributed by atoms with Crippen LogP contribution in [0.15, 0.2) is 24.3 Å². The summed E-state index contributed by atoms with van der Waals surface area (Å²) in [6, 6.07) is 0. The van der Waals surface area contributed by atoms with Crippen molar-refractivity contribution >= 4 is 5.97 Å². The Bertz CT molecular complexity index is 321. The van der Waals surface area contributed by atoms with Crippen LogP contribution in [0, 0.1) is 0 Å². The summed E-state index contributed by atoms with van der Waals surface area (Å²) in [6.07, 6.45) is 21.1. The first-order chi connectivity index (χ1) is 11.2. The number of hydrogen-bond donors (Lipinski definition) is 0. The number of methoxy groups -OCH3 is 2. The zero-order valence-electron chi connectivity index (χ0n) is 15.4. The van der Waals surface area contributed by atoms with Crippen molar-refractivity contribution in [2.75, 3.05) is 14.2 Å². The van der Waals surface area contributed by atoms with Crippen molar-refractivity contribution in [3.63, 3.8) is 0 Å². The molecule has 0 bridgehead atoms. The first kappa shape index (κ1) is 21.9. The van der Waals surface area contributed by atoms with Crippen molar-refractivity contribution in [3.8, 4) is 0 Å². The van der Waals surface area contributed by atoms with E-state index < -0.39 is 0 Å². The summed E-state index contributed by atoms with van der Waals surface area (Å²) < 4.78 is 10.1. The molecule has 0 aromatic carbocycles. The van der Waals surface area contributed by atoms with Crippen LogP contribution >= 0.6 is 0 Å². The molecule has 23 heavy (non-hydrogen) atoms. The van der Waals surface area contributed by atoms with Gasteiger partial charge in [0.25, 0.3) is 0 Å². The Hall–Kier alpha value is -1.09. The monoisotopic (exact) mass is 324 g/mol. The van der Waals surface area contributed by atoms with Crippen molar-refractivity contribution in [2.24, 2.45) is 0 Å². The number of hydrogen-bond acceptors (Lipinski definition) is 3. The van der Waals surface area contributed by atoms with Gasteiger partial charge in [0.05, 0.1) is 13.2 Å². The Kier molecular flexibility index (Phi) is 16.4. The molecule has 0 saturated heterocycles. The molecule has 0 N–H and O–H groups in total. The number of esters is 1. The van der Waals surface area contributed by atoms with E-state index in [0.29, 0.717) is 6.42 Å². The van der Waals surface area contributed by atoms with E-state index >= 15 is 0 Å². The number of carbonyl (C=O) groups excluding carboxylic acids is 1. The van der Waals surface area contributed by atoms with Crippen molar-refractivity contribution in [1.82, 2.24) is 0 Å². The Morgan fingerprint density at radius 2 is 1.70 bits per heavy atom. The van der Waals surface area contributed by atoms with Gasteiger partial charge in [-0.1, -0.05) is 69.8 Å². The molecular weight excluding hydrogens is 288 g/mol. The highest BCUT2D eigenvalue weighted by Gasteiger charge is 2.00. The minimum absolute atomic E-state index is 0.0937. The molecule has 0 radical (unpaired) electrons. The lowest BCUT2D eigenvalue weighted by Gasteiger charge is -2.09. The normalized spacial score (nSPS) is 13.0. The van der Waals surface area contributed by atoms with E-state index in [2.05, 4.69) is 36.0 Å². The molecule has 1 unspecified atom stereocenters. The third kappa shape index (κ3) is 15.6. The topological polar surface area (TPSA) is 35.5 Å². The summed E-state index contributed by atoms with van der Waals surface area (Å²) in [5.41, 5.74) is 0. The lowest BCUT2D eigenvalue weighted by molar-refractivity contribution is -0.140.